The first-order valence-corrected chi connectivity index (χ1v) is 7.54. The fourth-order valence-corrected chi connectivity index (χ4v) is 2.99. The maximum absolute atomic E-state index is 12.5. The van der Waals surface area contributed by atoms with Gasteiger partial charge < -0.3 is 19.6 Å². The summed E-state index contributed by atoms with van der Waals surface area (Å²) in [6.45, 7) is 9.25. The molecule has 0 spiro atoms. The first kappa shape index (κ1) is 16.0. The van der Waals surface area contributed by atoms with E-state index in [-0.39, 0.29) is 18.2 Å². The molecule has 2 rings (SSSR count). The molecule has 2 aliphatic rings. The number of morpholine rings is 1. The summed E-state index contributed by atoms with van der Waals surface area (Å²) in [4.78, 5) is 29.1. The summed E-state index contributed by atoms with van der Waals surface area (Å²) in [5.41, 5.74) is 0. The Morgan fingerprint density at radius 2 is 1.57 bits per heavy atom. The van der Waals surface area contributed by atoms with Gasteiger partial charge in [0.25, 0.3) is 0 Å². The Morgan fingerprint density at radius 1 is 1.05 bits per heavy atom. The van der Waals surface area contributed by atoms with Crippen LogP contribution >= 0.6 is 0 Å². The lowest BCUT2D eigenvalue weighted by Gasteiger charge is -2.41. The van der Waals surface area contributed by atoms with Crippen molar-refractivity contribution < 1.29 is 19.4 Å². The van der Waals surface area contributed by atoms with Gasteiger partial charge in [-0.05, 0) is 20.8 Å². The number of urea groups is 1. The zero-order chi connectivity index (χ0) is 15.6. The van der Waals surface area contributed by atoms with E-state index in [1.165, 1.54) is 0 Å². The number of nitrogens with zero attached hydrogens (tertiary/aromatic N) is 3. The van der Waals surface area contributed by atoms with Gasteiger partial charge in [-0.25, -0.2) is 4.79 Å². The third kappa shape index (κ3) is 3.85. The van der Waals surface area contributed by atoms with Crippen LogP contribution in [0.4, 0.5) is 4.79 Å². The summed E-state index contributed by atoms with van der Waals surface area (Å²) >= 11 is 0. The standard InChI is InChI=1S/C14H25N3O4/c1-10-8-17(9-11(2)21-10)14(20)16-6-4-15(5-7-16)12(3)13(18)19/h10-12H,4-9H2,1-3H3,(H,18,19). The van der Waals surface area contributed by atoms with Gasteiger partial charge in [0.15, 0.2) is 0 Å². The van der Waals surface area contributed by atoms with Crippen molar-refractivity contribution in [3.63, 3.8) is 0 Å². The molecule has 2 aliphatic heterocycles. The van der Waals surface area contributed by atoms with Gasteiger partial charge >= 0.3 is 12.0 Å². The third-order valence-electron chi connectivity index (χ3n) is 4.18. The molecule has 0 radical (unpaired) electrons. The minimum atomic E-state index is -0.814. The Morgan fingerprint density at radius 3 is 2.05 bits per heavy atom. The summed E-state index contributed by atoms with van der Waals surface area (Å²) in [5, 5.41) is 9.03. The minimum Gasteiger partial charge on any atom is -0.480 e. The molecule has 120 valence electrons. The monoisotopic (exact) mass is 299 g/mol. The van der Waals surface area contributed by atoms with Crippen LogP contribution in [-0.4, -0.2) is 89.3 Å². The van der Waals surface area contributed by atoms with Crippen LogP contribution < -0.4 is 0 Å². The number of carbonyl (C=O) groups is 2. The molecule has 0 aliphatic carbocycles. The van der Waals surface area contributed by atoms with Gasteiger partial charge in [-0.2, -0.15) is 0 Å². The molecule has 7 heteroatoms. The second kappa shape index (κ2) is 6.62. The summed E-state index contributed by atoms with van der Waals surface area (Å²) in [5.74, 6) is -0.814. The fourth-order valence-electron chi connectivity index (χ4n) is 2.99. The number of piperazine rings is 1. The first-order valence-electron chi connectivity index (χ1n) is 7.54. The molecular formula is C14H25N3O4. The molecule has 1 N–H and O–H groups in total. The van der Waals surface area contributed by atoms with E-state index in [2.05, 4.69) is 0 Å². The van der Waals surface area contributed by atoms with E-state index >= 15 is 0 Å². The molecule has 3 unspecified atom stereocenters. The zero-order valence-corrected chi connectivity index (χ0v) is 13.0. The van der Waals surface area contributed by atoms with Crippen molar-refractivity contribution >= 4 is 12.0 Å². The van der Waals surface area contributed by atoms with E-state index in [4.69, 9.17) is 9.84 Å². The highest BCUT2D eigenvalue weighted by Gasteiger charge is 2.32. The maximum atomic E-state index is 12.5. The predicted octanol–water partition coefficient (Wildman–Crippen LogP) is 0.306. The van der Waals surface area contributed by atoms with E-state index in [1.54, 1.807) is 6.92 Å². The fraction of sp³-hybridized carbons (Fsp3) is 0.857. The first-order chi connectivity index (χ1) is 9.88. The van der Waals surface area contributed by atoms with E-state index in [1.807, 2.05) is 28.5 Å². The number of carbonyl (C=O) groups excluding carboxylic acids is 1. The number of carboxylic acid groups (broad SMARTS) is 1. The van der Waals surface area contributed by atoms with Crippen molar-refractivity contribution in [1.82, 2.24) is 14.7 Å². The highest BCUT2D eigenvalue weighted by molar-refractivity contribution is 5.75. The molecule has 0 saturated carbocycles. The van der Waals surface area contributed by atoms with Crippen LogP contribution in [-0.2, 0) is 9.53 Å². The lowest BCUT2D eigenvalue weighted by molar-refractivity contribution is -0.143. The topological polar surface area (TPSA) is 73.3 Å². The number of rotatable bonds is 2. The minimum absolute atomic E-state index is 0.0413. The van der Waals surface area contributed by atoms with Crippen molar-refractivity contribution in [2.24, 2.45) is 0 Å². The quantitative estimate of drug-likeness (QED) is 0.794. The van der Waals surface area contributed by atoms with Crippen molar-refractivity contribution in [2.45, 2.75) is 39.0 Å². The van der Waals surface area contributed by atoms with Crippen molar-refractivity contribution in [2.75, 3.05) is 39.3 Å². The Labute approximate surface area is 125 Å². The average molecular weight is 299 g/mol. The van der Waals surface area contributed by atoms with Crippen LogP contribution in [0.25, 0.3) is 0 Å². The number of aliphatic carboxylic acids is 1. The largest absolute Gasteiger partial charge is 0.480 e. The molecule has 0 aromatic carbocycles. The van der Waals surface area contributed by atoms with E-state index in [0.717, 1.165) is 0 Å². The lowest BCUT2D eigenvalue weighted by Crippen LogP contribution is -2.58. The number of ether oxygens (including phenoxy) is 1. The second-order valence-electron chi connectivity index (χ2n) is 5.98. The molecule has 3 atom stereocenters. The van der Waals surface area contributed by atoms with Crippen molar-refractivity contribution in [3.05, 3.63) is 0 Å². The smallest absolute Gasteiger partial charge is 0.320 e. The molecule has 0 aromatic rings. The number of hydrogen-bond donors (Lipinski definition) is 1. The van der Waals surface area contributed by atoms with Gasteiger partial charge in [0.2, 0.25) is 0 Å². The highest BCUT2D eigenvalue weighted by atomic mass is 16.5. The zero-order valence-electron chi connectivity index (χ0n) is 13.0. The van der Waals surface area contributed by atoms with Crippen molar-refractivity contribution in [3.8, 4) is 0 Å². The summed E-state index contributed by atoms with van der Waals surface area (Å²) in [6, 6.07) is -0.453. The van der Waals surface area contributed by atoms with Gasteiger partial charge in [-0.1, -0.05) is 0 Å². The number of hydrogen-bond acceptors (Lipinski definition) is 4. The molecule has 2 amide bonds. The van der Waals surface area contributed by atoms with Gasteiger partial charge in [0.1, 0.15) is 6.04 Å². The number of amides is 2. The van der Waals surface area contributed by atoms with Crippen LogP contribution in [0.2, 0.25) is 0 Å². The maximum Gasteiger partial charge on any atom is 0.320 e. The van der Waals surface area contributed by atoms with Crippen LogP contribution in [0.3, 0.4) is 0 Å². The van der Waals surface area contributed by atoms with Crippen LogP contribution in [0.15, 0.2) is 0 Å². The molecule has 2 heterocycles. The Balaban J connectivity index is 1.87. The highest BCUT2D eigenvalue weighted by Crippen LogP contribution is 2.15. The van der Waals surface area contributed by atoms with Crippen LogP contribution in [0.1, 0.15) is 20.8 Å². The second-order valence-corrected chi connectivity index (χ2v) is 5.98. The molecule has 7 nitrogen and oxygen atoms in total. The van der Waals surface area contributed by atoms with E-state index in [9.17, 15) is 9.59 Å². The molecule has 21 heavy (non-hydrogen) atoms. The summed E-state index contributed by atoms with van der Waals surface area (Å²) in [6.07, 6.45) is 0.122. The van der Waals surface area contributed by atoms with Crippen LogP contribution in [0.5, 0.6) is 0 Å². The average Bonchev–Trinajstić information content (AvgIpc) is 2.44. The van der Waals surface area contributed by atoms with Gasteiger partial charge in [-0.3, -0.25) is 9.69 Å². The summed E-state index contributed by atoms with van der Waals surface area (Å²) < 4.78 is 5.64. The Bertz CT molecular complexity index is 386. The van der Waals surface area contributed by atoms with Gasteiger partial charge in [0.05, 0.1) is 12.2 Å². The third-order valence-corrected chi connectivity index (χ3v) is 4.18. The van der Waals surface area contributed by atoms with Gasteiger partial charge in [0, 0.05) is 39.3 Å². The number of carboxylic acids is 1. The Kier molecular flexibility index (Phi) is 5.05. The lowest BCUT2D eigenvalue weighted by atomic mass is 10.2. The molecule has 0 aromatic heterocycles. The van der Waals surface area contributed by atoms with Crippen molar-refractivity contribution in [1.29, 1.82) is 0 Å². The molecule has 2 fully saturated rings. The molecule has 2 saturated heterocycles. The molecule has 0 bridgehead atoms. The normalized spacial score (nSPS) is 29.3. The van der Waals surface area contributed by atoms with Crippen LogP contribution in [0, 0.1) is 0 Å². The van der Waals surface area contributed by atoms with Gasteiger partial charge in [-0.15, -0.1) is 0 Å². The SMILES string of the molecule is CC1CN(C(=O)N2CCN(C(C)C(=O)O)CC2)CC(C)O1. The van der Waals surface area contributed by atoms with E-state index in [0.29, 0.717) is 39.3 Å². The summed E-state index contributed by atoms with van der Waals surface area (Å²) in [7, 11) is 0. The molecular weight excluding hydrogens is 274 g/mol. The van der Waals surface area contributed by atoms with E-state index < -0.39 is 12.0 Å². The predicted molar refractivity (Wildman–Crippen MR) is 77.2 cm³/mol. The Hall–Kier alpha value is -1.34.